The molecule has 0 aromatic carbocycles. The largest absolute Gasteiger partial charge is 0.415 e. The smallest absolute Gasteiger partial charge is 0.382 e. The third-order valence-electron chi connectivity index (χ3n) is 2.57. The minimum absolute atomic E-state index is 0.134. The van der Waals surface area contributed by atoms with E-state index in [0.717, 1.165) is 5.01 Å². The van der Waals surface area contributed by atoms with Gasteiger partial charge in [-0.15, -0.1) is 11.3 Å². The summed E-state index contributed by atoms with van der Waals surface area (Å²) in [5.41, 5.74) is 0.667. The van der Waals surface area contributed by atoms with E-state index in [1.165, 1.54) is 23.3 Å². The SMILES string of the molecule is COC(C)c1nc(CN(C)CC(O)C(F)(F)F)cs1. The molecule has 110 valence electrons. The zero-order chi connectivity index (χ0) is 14.6. The summed E-state index contributed by atoms with van der Waals surface area (Å²) in [7, 11) is 3.07. The van der Waals surface area contributed by atoms with Crippen molar-refractivity contribution in [3.63, 3.8) is 0 Å². The van der Waals surface area contributed by atoms with Gasteiger partial charge in [0.05, 0.1) is 5.69 Å². The van der Waals surface area contributed by atoms with Crippen LogP contribution in [0, 0.1) is 0 Å². The number of hydrogen-bond acceptors (Lipinski definition) is 5. The molecule has 0 amide bonds. The molecule has 1 aromatic rings. The molecule has 0 spiro atoms. The Morgan fingerprint density at radius 3 is 2.68 bits per heavy atom. The van der Waals surface area contributed by atoms with Crippen LogP contribution < -0.4 is 0 Å². The molecule has 1 N–H and O–H groups in total. The van der Waals surface area contributed by atoms with Crippen molar-refractivity contribution in [3.05, 3.63) is 16.1 Å². The molecule has 19 heavy (non-hydrogen) atoms. The van der Waals surface area contributed by atoms with Crippen LogP contribution in [0.2, 0.25) is 0 Å². The zero-order valence-electron chi connectivity index (χ0n) is 10.9. The first kappa shape index (κ1) is 16.4. The van der Waals surface area contributed by atoms with Crippen molar-refractivity contribution in [2.45, 2.75) is 31.9 Å². The van der Waals surface area contributed by atoms with Crippen LogP contribution >= 0.6 is 11.3 Å². The van der Waals surface area contributed by atoms with Gasteiger partial charge in [-0.1, -0.05) is 0 Å². The number of ether oxygens (including phenoxy) is 1. The highest BCUT2D eigenvalue weighted by molar-refractivity contribution is 7.09. The van der Waals surface area contributed by atoms with Crippen molar-refractivity contribution in [3.8, 4) is 0 Å². The number of rotatable bonds is 6. The predicted octanol–water partition coefficient (Wildman–Crippen LogP) is 2.21. The molecule has 0 bridgehead atoms. The van der Waals surface area contributed by atoms with Crippen molar-refractivity contribution in [2.75, 3.05) is 20.7 Å². The lowest BCUT2D eigenvalue weighted by Crippen LogP contribution is -2.39. The Morgan fingerprint density at radius 1 is 1.53 bits per heavy atom. The number of nitrogens with zero attached hydrogens (tertiary/aromatic N) is 2. The number of hydrogen-bond donors (Lipinski definition) is 1. The average Bonchev–Trinajstić information content (AvgIpc) is 2.74. The molecule has 0 radical (unpaired) electrons. The fraction of sp³-hybridized carbons (Fsp3) is 0.727. The third kappa shape index (κ3) is 5.06. The normalized spacial score (nSPS) is 15.8. The zero-order valence-corrected chi connectivity index (χ0v) is 11.8. The van der Waals surface area contributed by atoms with Crippen molar-refractivity contribution < 1.29 is 23.0 Å². The summed E-state index contributed by atoms with van der Waals surface area (Å²) < 4.78 is 41.7. The lowest BCUT2D eigenvalue weighted by molar-refractivity contribution is -0.207. The van der Waals surface area contributed by atoms with Crippen LogP contribution in [0.15, 0.2) is 5.38 Å². The first-order chi connectivity index (χ1) is 8.74. The molecule has 0 saturated heterocycles. The molecule has 1 heterocycles. The highest BCUT2D eigenvalue weighted by Gasteiger charge is 2.38. The molecule has 0 fully saturated rings. The fourth-order valence-electron chi connectivity index (χ4n) is 1.42. The minimum Gasteiger partial charge on any atom is -0.382 e. The van der Waals surface area contributed by atoms with Gasteiger partial charge >= 0.3 is 6.18 Å². The quantitative estimate of drug-likeness (QED) is 0.874. The molecule has 2 unspecified atom stereocenters. The van der Waals surface area contributed by atoms with Gasteiger partial charge in [-0.05, 0) is 14.0 Å². The Labute approximate surface area is 113 Å². The number of aromatic nitrogens is 1. The van der Waals surface area contributed by atoms with Crippen LogP contribution in [0.3, 0.4) is 0 Å². The molecule has 1 aromatic heterocycles. The molecular formula is C11H17F3N2O2S. The number of alkyl halides is 3. The van der Waals surface area contributed by atoms with E-state index < -0.39 is 18.8 Å². The summed E-state index contributed by atoms with van der Waals surface area (Å²) in [4.78, 5) is 5.66. The van der Waals surface area contributed by atoms with Gasteiger partial charge in [0, 0.05) is 25.6 Å². The van der Waals surface area contributed by atoms with Crippen molar-refractivity contribution in [2.24, 2.45) is 0 Å². The maximum Gasteiger partial charge on any atom is 0.415 e. The number of thiazole rings is 1. The molecule has 4 nitrogen and oxygen atoms in total. The number of methoxy groups -OCH3 is 1. The van der Waals surface area contributed by atoms with Gasteiger partial charge in [0.2, 0.25) is 0 Å². The van der Waals surface area contributed by atoms with Crippen LogP contribution in [0.25, 0.3) is 0 Å². The Bertz CT molecular complexity index is 398. The molecule has 8 heteroatoms. The maximum absolute atomic E-state index is 12.2. The first-order valence-electron chi connectivity index (χ1n) is 5.64. The minimum atomic E-state index is -4.59. The summed E-state index contributed by atoms with van der Waals surface area (Å²) >= 11 is 1.40. The summed E-state index contributed by atoms with van der Waals surface area (Å²) in [6.07, 6.45) is -7.06. The predicted molar refractivity (Wildman–Crippen MR) is 65.9 cm³/mol. The Kier molecular flexibility index (Phi) is 5.72. The van der Waals surface area contributed by atoms with Crippen molar-refractivity contribution >= 4 is 11.3 Å². The lowest BCUT2D eigenvalue weighted by Gasteiger charge is -2.21. The molecule has 0 aliphatic rings. The van der Waals surface area contributed by atoms with Gasteiger partial charge in [-0.3, -0.25) is 4.90 Å². The van der Waals surface area contributed by atoms with E-state index in [0.29, 0.717) is 5.69 Å². The summed E-state index contributed by atoms with van der Waals surface area (Å²) in [6.45, 7) is 1.62. The number of aliphatic hydroxyl groups is 1. The number of likely N-dealkylation sites (N-methyl/N-ethyl adjacent to an activating group) is 1. The maximum atomic E-state index is 12.2. The standard InChI is InChI=1S/C11H17F3N2O2S/c1-7(18-3)10-15-8(6-19-10)4-16(2)5-9(17)11(12,13)14/h6-7,9,17H,4-5H2,1-3H3. The monoisotopic (exact) mass is 298 g/mol. The summed E-state index contributed by atoms with van der Waals surface area (Å²) in [5.74, 6) is 0. The molecule has 0 aliphatic heterocycles. The Morgan fingerprint density at radius 2 is 2.16 bits per heavy atom. The van der Waals surface area contributed by atoms with Crippen LogP contribution in [0.5, 0.6) is 0 Å². The van der Waals surface area contributed by atoms with Crippen LogP contribution in [-0.4, -0.2) is 48.0 Å². The van der Waals surface area contributed by atoms with E-state index in [4.69, 9.17) is 9.84 Å². The Balaban J connectivity index is 2.53. The van der Waals surface area contributed by atoms with Crippen LogP contribution in [0.1, 0.15) is 23.7 Å². The van der Waals surface area contributed by atoms with E-state index in [2.05, 4.69) is 4.98 Å². The second-order valence-electron chi connectivity index (χ2n) is 4.31. The molecule has 2 atom stereocenters. The number of aliphatic hydroxyl groups excluding tert-OH is 1. The van der Waals surface area contributed by atoms with Gasteiger partial charge in [0.25, 0.3) is 0 Å². The van der Waals surface area contributed by atoms with Gasteiger partial charge in [0.1, 0.15) is 11.1 Å². The highest BCUT2D eigenvalue weighted by Crippen LogP contribution is 2.23. The van der Waals surface area contributed by atoms with E-state index in [1.807, 2.05) is 6.92 Å². The second-order valence-corrected chi connectivity index (χ2v) is 5.20. The van der Waals surface area contributed by atoms with Gasteiger partial charge < -0.3 is 9.84 Å². The molecule has 0 aliphatic carbocycles. The summed E-state index contributed by atoms with van der Waals surface area (Å²) in [6, 6.07) is 0. The van der Waals surface area contributed by atoms with Gasteiger partial charge in [-0.25, -0.2) is 4.98 Å². The third-order valence-corrected chi connectivity index (χ3v) is 3.62. The van der Waals surface area contributed by atoms with Gasteiger partial charge in [0.15, 0.2) is 6.10 Å². The van der Waals surface area contributed by atoms with E-state index in [-0.39, 0.29) is 12.6 Å². The topological polar surface area (TPSA) is 45.6 Å². The van der Waals surface area contributed by atoms with Crippen LogP contribution in [0.4, 0.5) is 13.2 Å². The number of halogens is 3. The van der Waals surface area contributed by atoms with Crippen molar-refractivity contribution in [1.29, 1.82) is 0 Å². The van der Waals surface area contributed by atoms with E-state index >= 15 is 0 Å². The van der Waals surface area contributed by atoms with E-state index in [9.17, 15) is 13.2 Å². The lowest BCUT2D eigenvalue weighted by atomic mass is 10.3. The first-order valence-corrected chi connectivity index (χ1v) is 6.52. The highest BCUT2D eigenvalue weighted by atomic mass is 32.1. The van der Waals surface area contributed by atoms with Gasteiger partial charge in [-0.2, -0.15) is 13.2 Å². The molecule has 1 rings (SSSR count). The van der Waals surface area contributed by atoms with E-state index in [1.54, 1.807) is 12.5 Å². The second kappa shape index (κ2) is 6.65. The van der Waals surface area contributed by atoms with Crippen molar-refractivity contribution in [1.82, 2.24) is 9.88 Å². The average molecular weight is 298 g/mol. The molecular weight excluding hydrogens is 281 g/mol. The molecule has 0 saturated carbocycles. The summed E-state index contributed by atoms with van der Waals surface area (Å²) in [5, 5.41) is 11.5. The fourth-order valence-corrected chi connectivity index (χ4v) is 2.26. The Hall–Kier alpha value is -0.700. The van der Waals surface area contributed by atoms with Crippen LogP contribution in [-0.2, 0) is 11.3 Å².